The molecule has 1 amide bonds. The first-order chi connectivity index (χ1) is 7.98. The maximum Gasteiger partial charge on any atom is 0.329 e. The Kier molecular flexibility index (Phi) is 4.97. The summed E-state index contributed by atoms with van der Waals surface area (Å²) >= 11 is 0. The van der Waals surface area contributed by atoms with Crippen LogP contribution in [0.25, 0.3) is 0 Å². The summed E-state index contributed by atoms with van der Waals surface area (Å²) in [4.78, 5) is 22.9. The molecule has 1 unspecified atom stereocenters. The molecule has 2 N–H and O–H groups in total. The number of carboxylic acid groups (broad SMARTS) is 1. The molecule has 0 aromatic carbocycles. The van der Waals surface area contributed by atoms with E-state index in [0.717, 1.165) is 12.8 Å². The molecule has 0 aromatic rings. The van der Waals surface area contributed by atoms with Crippen LogP contribution in [0.15, 0.2) is 0 Å². The van der Waals surface area contributed by atoms with E-state index in [1.165, 1.54) is 19.3 Å². The largest absolute Gasteiger partial charge is 0.480 e. The minimum absolute atomic E-state index is 0.122. The van der Waals surface area contributed by atoms with Gasteiger partial charge in [0, 0.05) is 6.42 Å². The van der Waals surface area contributed by atoms with E-state index in [4.69, 9.17) is 5.11 Å². The fourth-order valence-electron chi connectivity index (χ4n) is 2.31. The van der Waals surface area contributed by atoms with Crippen LogP contribution in [0.4, 0.5) is 0 Å². The highest BCUT2D eigenvalue weighted by atomic mass is 16.4. The number of hydrogen-bond donors (Lipinski definition) is 2. The lowest BCUT2D eigenvalue weighted by atomic mass is 9.86. The van der Waals surface area contributed by atoms with Gasteiger partial charge >= 0.3 is 5.97 Å². The van der Waals surface area contributed by atoms with Crippen LogP contribution in [0.5, 0.6) is 0 Å². The lowest BCUT2D eigenvalue weighted by Gasteiger charge is -2.27. The number of rotatable bonds is 5. The number of nitrogens with one attached hydrogen (secondary N) is 1. The van der Waals surface area contributed by atoms with E-state index in [2.05, 4.69) is 5.32 Å². The van der Waals surface area contributed by atoms with Crippen LogP contribution in [0.3, 0.4) is 0 Å². The highest BCUT2D eigenvalue weighted by Gasteiger charge is 2.33. The Balaban J connectivity index is 2.44. The van der Waals surface area contributed by atoms with Crippen LogP contribution in [0, 0.1) is 5.92 Å². The maximum atomic E-state index is 11.8. The lowest BCUT2D eigenvalue weighted by Crippen LogP contribution is -2.52. The predicted octanol–water partition coefficient (Wildman–Crippen LogP) is 2.33. The van der Waals surface area contributed by atoms with Crippen molar-refractivity contribution >= 4 is 11.9 Å². The van der Waals surface area contributed by atoms with E-state index < -0.39 is 11.5 Å². The summed E-state index contributed by atoms with van der Waals surface area (Å²) in [5.41, 5.74) is -1.12. The first-order valence-electron chi connectivity index (χ1n) is 6.52. The van der Waals surface area contributed by atoms with Crippen LogP contribution in [-0.4, -0.2) is 22.5 Å². The van der Waals surface area contributed by atoms with Crippen molar-refractivity contribution in [2.24, 2.45) is 5.92 Å². The highest BCUT2D eigenvalue weighted by molar-refractivity contribution is 5.86. The molecule has 1 aliphatic rings. The zero-order valence-electron chi connectivity index (χ0n) is 10.8. The number of aliphatic carboxylic acids is 1. The third-order valence-electron chi connectivity index (χ3n) is 3.79. The maximum absolute atomic E-state index is 11.8. The third-order valence-corrected chi connectivity index (χ3v) is 3.79. The number of carbonyl (C=O) groups excluding carboxylic acids is 1. The molecule has 4 heteroatoms. The Bertz CT molecular complexity index is 284. The van der Waals surface area contributed by atoms with Gasteiger partial charge in [0.15, 0.2) is 0 Å². The van der Waals surface area contributed by atoms with Crippen molar-refractivity contribution in [3.8, 4) is 0 Å². The molecule has 0 aromatic heterocycles. The van der Waals surface area contributed by atoms with Gasteiger partial charge in [-0.3, -0.25) is 4.79 Å². The van der Waals surface area contributed by atoms with E-state index in [1.54, 1.807) is 13.8 Å². The molecule has 0 saturated heterocycles. The predicted molar refractivity (Wildman–Crippen MR) is 65.7 cm³/mol. The second kappa shape index (κ2) is 6.03. The van der Waals surface area contributed by atoms with Crippen LogP contribution in [-0.2, 0) is 9.59 Å². The summed E-state index contributed by atoms with van der Waals surface area (Å²) < 4.78 is 0. The standard InChI is InChI=1S/C13H23NO3/c1-3-13(2,12(16)17)14-11(15)9-10-7-5-4-6-8-10/h10H,3-9H2,1-2H3,(H,14,15)(H,16,17). The molecule has 17 heavy (non-hydrogen) atoms. The number of carboxylic acids is 1. The Morgan fingerprint density at radius 2 is 1.88 bits per heavy atom. The normalized spacial score (nSPS) is 20.6. The van der Waals surface area contributed by atoms with Gasteiger partial charge in [-0.25, -0.2) is 4.79 Å². The lowest BCUT2D eigenvalue weighted by molar-refractivity contribution is -0.147. The molecule has 1 atom stereocenters. The number of carbonyl (C=O) groups is 2. The van der Waals surface area contributed by atoms with Gasteiger partial charge in [-0.2, -0.15) is 0 Å². The Hall–Kier alpha value is -1.06. The van der Waals surface area contributed by atoms with Crippen LogP contribution in [0.2, 0.25) is 0 Å². The second-order valence-electron chi connectivity index (χ2n) is 5.25. The second-order valence-corrected chi connectivity index (χ2v) is 5.25. The van der Waals surface area contributed by atoms with Gasteiger partial charge in [0.2, 0.25) is 5.91 Å². The fourth-order valence-corrected chi connectivity index (χ4v) is 2.31. The smallest absolute Gasteiger partial charge is 0.329 e. The van der Waals surface area contributed by atoms with Crippen LogP contribution in [0.1, 0.15) is 58.8 Å². The van der Waals surface area contributed by atoms with Crippen molar-refractivity contribution in [2.45, 2.75) is 64.3 Å². The van der Waals surface area contributed by atoms with Gasteiger partial charge in [-0.05, 0) is 32.1 Å². The summed E-state index contributed by atoms with van der Waals surface area (Å²) in [5.74, 6) is -0.640. The molecule has 1 aliphatic carbocycles. The summed E-state index contributed by atoms with van der Waals surface area (Å²) in [5, 5.41) is 11.7. The summed E-state index contributed by atoms with van der Waals surface area (Å²) in [7, 11) is 0. The van der Waals surface area contributed by atoms with E-state index in [1.807, 2.05) is 0 Å². The van der Waals surface area contributed by atoms with Gasteiger partial charge < -0.3 is 10.4 Å². The number of amides is 1. The minimum Gasteiger partial charge on any atom is -0.480 e. The van der Waals surface area contributed by atoms with E-state index in [-0.39, 0.29) is 5.91 Å². The Labute approximate surface area is 103 Å². The van der Waals surface area contributed by atoms with Crippen molar-refractivity contribution in [1.29, 1.82) is 0 Å². The van der Waals surface area contributed by atoms with Crippen molar-refractivity contribution in [3.05, 3.63) is 0 Å². The molecule has 1 saturated carbocycles. The summed E-state index contributed by atoms with van der Waals surface area (Å²) in [6.45, 7) is 3.34. The molecule has 0 bridgehead atoms. The summed E-state index contributed by atoms with van der Waals surface area (Å²) in [6.07, 6.45) is 6.73. The highest BCUT2D eigenvalue weighted by Crippen LogP contribution is 2.26. The van der Waals surface area contributed by atoms with Gasteiger partial charge in [-0.1, -0.05) is 26.2 Å². The molecule has 98 valence electrons. The molecule has 4 nitrogen and oxygen atoms in total. The average Bonchev–Trinajstić information content (AvgIpc) is 2.29. The molecule has 0 aliphatic heterocycles. The topological polar surface area (TPSA) is 66.4 Å². The van der Waals surface area contributed by atoms with Gasteiger partial charge in [-0.15, -0.1) is 0 Å². The Morgan fingerprint density at radius 1 is 1.29 bits per heavy atom. The number of hydrogen-bond acceptors (Lipinski definition) is 2. The molecular weight excluding hydrogens is 218 g/mol. The molecule has 0 radical (unpaired) electrons. The van der Waals surface area contributed by atoms with Gasteiger partial charge in [0.05, 0.1) is 0 Å². The van der Waals surface area contributed by atoms with Gasteiger partial charge in [0.25, 0.3) is 0 Å². The molecule has 1 rings (SSSR count). The minimum atomic E-state index is -1.12. The van der Waals surface area contributed by atoms with Crippen molar-refractivity contribution in [3.63, 3.8) is 0 Å². The summed E-state index contributed by atoms with van der Waals surface area (Å²) in [6, 6.07) is 0. The van der Waals surface area contributed by atoms with Gasteiger partial charge in [0.1, 0.15) is 5.54 Å². The fraction of sp³-hybridized carbons (Fsp3) is 0.846. The SMILES string of the molecule is CCC(C)(NC(=O)CC1CCCCC1)C(=O)O. The first kappa shape index (κ1) is 14.0. The van der Waals surface area contributed by atoms with E-state index in [9.17, 15) is 9.59 Å². The molecule has 0 heterocycles. The molecular formula is C13H23NO3. The van der Waals surface area contributed by atoms with E-state index >= 15 is 0 Å². The van der Waals surface area contributed by atoms with Crippen LogP contribution < -0.4 is 5.32 Å². The van der Waals surface area contributed by atoms with E-state index in [0.29, 0.717) is 18.8 Å². The third kappa shape index (κ3) is 4.02. The average molecular weight is 241 g/mol. The monoisotopic (exact) mass is 241 g/mol. The zero-order chi connectivity index (χ0) is 12.9. The van der Waals surface area contributed by atoms with Crippen molar-refractivity contribution < 1.29 is 14.7 Å². The van der Waals surface area contributed by atoms with Crippen molar-refractivity contribution in [2.75, 3.05) is 0 Å². The first-order valence-corrected chi connectivity index (χ1v) is 6.52. The van der Waals surface area contributed by atoms with Crippen molar-refractivity contribution in [1.82, 2.24) is 5.32 Å². The zero-order valence-corrected chi connectivity index (χ0v) is 10.8. The quantitative estimate of drug-likeness (QED) is 0.776. The van der Waals surface area contributed by atoms with Crippen LogP contribution >= 0.6 is 0 Å². The Morgan fingerprint density at radius 3 is 2.35 bits per heavy atom. The molecule has 0 spiro atoms. The molecule has 1 fully saturated rings.